The van der Waals surface area contributed by atoms with Crippen molar-refractivity contribution in [2.75, 3.05) is 26.1 Å². The molecule has 2 unspecified atom stereocenters. The minimum absolute atomic E-state index is 0.0101. The lowest BCUT2D eigenvalue weighted by molar-refractivity contribution is -0.160. The van der Waals surface area contributed by atoms with Crippen LogP contribution in [0.3, 0.4) is 0 Å². The molecule has 0 bridgehead atoms. The first-order valence-electron chi connectivity index (χ1n) is 8.80. The Balaban J connectivity index is 1.94. The Morgan fingerprint density at radius 2 is 1.93 bits per heavy atom. The first-order chi connectivity index (χ1) is 13.7. The Labute approximate surface area is 172 Å². The number of hydrogen-bond donors (Lipinski definition) is 1. The lowest BCUT2D eigenvalue weighted by atomic mass is 9.97. The Bertz CT molecular complexity index is 956. The molecule has 154 valence electrons. The van der Waals surface area contributed by atoms with E-state index in [9.17, 15) is 14.4 Å². The minimum atomic E-state index is -0.996. The van der Waals surface area contributed by atoms with Crippen LogP contribution in [0.15, 0.2) is 24.3 Å². The number of morpholine rings is 1. The standard InChI is InChI=1S/C19H21ClN4O5/c1-10-14(15(19(27)28-4)22-24(10)3)21-18(26)17-16(23(2)13(25)9-29-17)11-5-7-12(20)8-6-11/h5-8,16-17H,9H2,1-4H3,(H,21,26). The molecule has 2 amide bonds. The van der Waals surface area contributed by atoms with E-state index in [4.69, 9.17) is 21.1 Å². The second-order valence-electron chi connectivity index (χ2n) is 6.65. The Kier molecular flexibility index (Phi) is 5.90. The number of benzene rings is 1. The summed E-state index contributed by atoms with van der Waals surface area (Å²) in [6.45, 7) is 1.48. The number of aryl methyl sites for hydroxylation is 1. The van der Waals surface area contributed by atoms with Gasteiger partial charge in [0.05, 0.1) is 24.5 Å². The first-order valence-corrected chi connectivity index (χ1v) is 9.18. The van der Waals surface area contributed by atoms with E-state index in [0.717, 1.165) is 0 Å². The number of ether oxygens (including phenoxy) is 2. The molecule has 0 radical (unpaired) electrons. The summed E-state index contributed by atoms with van der Waals surface area (Å²) >= 11 is 5.96. The van der Waals surface area contributed by atoms with Crippen LogP contribution >= 0.6 is 11.6 Å². The largest absolute Gasteiger partial charge is 0.464 e. The predicted octanol–water partition coefficient (Wildman–Crippen LogP) is 1.71. The van der Waals surface area contributed by atoms with Gasteiger partial charge >= 0.3 is 5.97 Å². The lowest BCUT2D eigenvalue weighted by Crippen LogP contribution is -2.51. The van der Waals surface area contributed by atoms with E-state index >= 15 is 0 Å². The van der Waals surface area contributed by atoms with Crippen molar-refractivity contribution in [1.29, 1.82) is 0 Å². The van der Waals surface area contributed by atoms with Crippen LogP contribution in [0.1, 0.15) is 27.8 Å². The number of carbonyl (C=O) groups is 3. The number of likely N-dealkylation sites (N-methyl/N-ethyl adjacent to an activating group) is 1. The van der Waals surface area contributed by atoms with Crippen LogP contribution < -0.4 is 5.32 Å². The van der Waals surface area contributed by atoms with Crippen molar-refractivity contribution in [2.45, 2.75) is 19.1 Å². The molecule has 2 aromatic rings. The molecule has 1 aliphatic rings. The van der Waals surface area contributed by atoms with Crippen LogP contribution in [0.4, 0.5) is 5.69 Å². The predicted molar refractivity (Wildman–Crippen MR) is 105 cm³/mol. The molecule has 1 aromatic heterocycles. The smallest absolute Gasteiger partial charge is 0.360 e. The number of aromatic nitrogens is 2. The van der Waals surface area contributed by atoms with Gasteiger partial charge in [-0.1, -0.05) is 23.7 Å². The third-order valence-electron chi connectivity index (χ3n) is 4.91. The maximum Gasteiger partial charge on any atom is 0.360 e. The number of anilines is 1. The van der Waals surface area contributed by atoms with Gasteiger partial charge in [-0.25, -0.2) is 4.79 Å². The zero-order chi connectivity index (χ0) is 21.3. The number of methoxy groups -OCH3 is 1. The van der Waals surface area contributed by atoms with Crippen LogP contribution in [-0.2, 0) is 26.1 Å². The van der Waals surface area contributed by atoms with Crippen LogP contribution in [0.5, 0.6) is 0 Å². The van der Waals surface area contributed by atoms with Crippen molar-refractivity contribution in [3.63, 3.8) is 0 Å². The summed E-state index contributed by atoms with van der Waals surface area (Å²) in [4.78, 5) is 38.8. The van der Waals surface area contributed by atoms with Crippen LogP contribution in [0.2, 0.25) is 5.02 Å². The van der Waals surface area contributed by atoms with E-state index in [-0.39, 0.29) is 23.9 Å². The number of amides is 2. The van der Waals surface area contributed by atoms with E-state index in [0.29, 0.717) is 16.3 Å². The number of nitrogens with zero attached hydrogens (tertiary/aromatic N) is 3. The SMILES string of the molecule is COC(=O)c1nn(C)c(C)c1NC(=O)C1OCC(=O)N(C)C1c1ccc(Cl)cc1. The molecule has 1 aromatic carbocycles. The van der Waals surface area contributed by atoms with Crippen LogP contribution in [0, 0.1) is 6.92 Å². The van der Waals surface area contributed by atoms with E-state index in [1.165, 1.54) is 16.7 Å². The van der Waals surface area contributed by atoms with Gasteiger partial charge in [0.15, 0.2) is 11.8 Å². The monoisotopic (exact) mass is 420 g/mol. The van der Waals surface area contributed by atoms with E-state index in [1.807, 2.05) is 0 Å². The van der Waals surface area contributed by atoms with Crippen LogP contribution in [-0.4, -0.2) is 59.3 Å². The number of nitrogens with one attached hydrogen (secondary N) is 1. The van der Waals surface area contributed by atoms with Gasteiger partial charge in [-0.3, -0.25) is 14.3 Å². The Hall–Kier alpha value is -2.91. The molecule has 1 aliphatic heterocycles. The molecule has 29 heavy (non-hydrogen) atoms. The van der Waals surface area contributed by atoms with Gasteiger partial charge in [-0.2, -0.15) is 5.10 Å². The van der Waals surface area contributed by atoms with Gasteiger partial charge < -0.3 is 19.7 Å². The summed E-state index contributed by atoms with van der Waals surface area (Å²) in [6, 6.07) is 6.17. The summed E-state index contributed by atoms with van der Waals surface area (Å²) in [5.74, 6) is -1.43. The summed E-state index contributed by atoms with van der Waals surface area (Å²) in [5.41, 5.74) is 1.50. The normalized spacial score (nSPS) is 19.2. The number of hydrogen-bond acceptors (Lipinski definition) is 6. The molecule has 1 saturated heterocycles. The molecule has 10 heteroatoms. The van der Waals surface area contributed by atoms with Crippen molar-refractivity contribution in [1.82, 2.24) is 14.7 Å². The molecule has 0 saturated carbocycles. The van der Waals surface area contributed by atoms with E-state index < -0.39 is 24.0 Å². The summed E-state index contributed by atoms with van der Waals surface area (Å²) in [7, 11) is 4.50. The molecule has 9 nitrogen and oxygen atoms in total. The molecule has 2 atom stereocenters. The fourth-order valence-electron chi connectivity index (χ4n) is 3.18. The Morgan fingerprint density at radius 3 is 2.55 bits per heavy atom. The molecule has 0 aliphatic carbocycles. The topological polar surface area (TPSA) is 103 Å². The van der Waals surface area contributed by atoms with Gasteiger partial charge in [0.2, 0.25) is 5.91 Å². The maximum atomic E-state index is 13.1. The quantitative estimate of drug-likeness (QED) is 0.755. The summed E-state index contributed by atoms with van der Waals surface area (Å²) in [6.07, 6.45) is -0.996. The zero-order valence-corrected chi connectivity index (χ0v) is 17.2. The molecular formula is C19H21ClN4O5. The van der Waals surface area contributed by atoms with Gasteiger partial charge in [0.25, 0.3) is 5.91 Å². The molecular weight excluding hydrogens is 400 g/mol. The van der Waals surface area contributed by atoms with Crippen molar-refractivity contribution >= 4 is 35.1 Å². The lowest BCUT2D eigenvalue weighted by Gasteiger charge is -2.38. The van der Waals surface area contributed by atoms with Gasteiger partial charge in [0.1, 0.15) is 6.61 Å². The molecule has 2 heterocycles. The number of carbonyl (C=O) groups excluding carboxylic acids is 3. The second kappa shape index (κ2) is 8.22. The number of halogens is 1. The summed E-state index contributed by atoms with van der Waals surface area (Å²) < 4.78 is 11.8. The van der Waals surface area contributed by atoms with Crippen molar-refractivity contribution in [3.05, 3.63) is 46.2 Å². The molecule has 3 rings (SSSR count). The Morgan fingerprint density at radius 1 is 1.28 bits per heavy atom. The molecule has 1 N–H and O–H groups in total. The fraction of sp³-hybridized carbons (Fsp3) is 0.368. The van der Waals surface area contributed by atoms with Crippen molar-refractivity contribution in [2.24, 2.45) is 7.05 Å². The number of rotatable bonds is 4. The van der Waals surface area contributed by atoms with Gasteiger partial charge in [-0.15, -0.1) is 0 Å². The third-order valence-corrected chi connectivity index (χ3v) is 5.17. The second-order valence-corrected chi connectivity index (χ2v) is 7.08. The van der Waals surface area contributed by atoms with Gasteiger partial charge in [-0.05, 0) is 24.6 Å². The third kappa shape index (κ3) is 3.96. The van der Waals surface area contributed by atoms with Crippen LogP contribution in [0.25, 0.3) is 0 Å². The molecule has 1 fully saturated rings. The maximum absolute atomic E-state index is 13.1. The summed E-state index contributed by atoms with van der Waals surface area (Å²) in [5, 5.41) is 7.36. The average Bonchev–Trinajstić information content (AvgIpc) is 2.98. The van der Waals surface area contributed by atoms with E-state index in [1.54, 1.807) is 45.3 Å². The fourth-order valence-corrected chi connectivity index (χ4v) is 3.31. The zero-order valence-electron chi connectivity index (χ0n) is 16.4. The average molecular weight is 421 g/mol. The highest BCUT2D eigenvalue weighted by molar-refractivity contribution is 6.30. The molecule has 0 spiro atoms. The van der Waals surface area contributed by atoms with Crippen molar-refractivity contribution < 1.29 is 23.9 Å². The highest BCUT2D eigenvalue weighted by atomic mass is 35.5. The highest BCUT2D eigenvalue weighted by Gasteiger charge is 2.40. The first kappa shape index (κ1) is 20.8. The minimum Gasteiger partial charge on any atom is -0.464 e. The van der Waals surface area contributed by atoms with Gasteiger partial charge in [0, 0.05) is 19.1 Å². The highest BCUT2D eigenvalue weighted by Crippen LogP contribution is 2.31. The van der Waals surface area contributed by atoms with Crippen molar-refractivity contribution in [3.8, 4) is 0 Å². The number of esters is 1. The van der Waals surface area contributed by atoms with E-state index in [2.05, 4.69) is 10.4 Å².